The number of morpholine rings is 2. The van der Waals surface area contributed by atoms with Gasteiger partial charge in [-0.15, -0.1) is 0 Å². The number of amides is 1. The van der Waals surface area contributed by atoms with E-state index in [2.05, 4.69) is 41.3 Å². The van der Waals surface area contributed by atoms with Crippen LogP contribution in [0.2, 0.25) is 0 Å². The fraction of sp³-hybridized carbons (Fsp3) is 0.333. The molecule has 0 unspecified atom stereocenters. The molecule has 0 saturated carbocycles. The Hall–Kier alpha value is -3.86. The summed E-state index contributed by atoms with van der Waals surface area (Å²) < 4.78 is 10.9. The first-order valence-corrected chi connectivity index (χ1v) is 12.6. The highest BCUT2D eigenvalue weighted by atomic mass is 16.5. The zero-order chi connectivity index (χ0) is 25.0. The van der Waals surface area contributed by atoms with Crippen molar-refractivity contribution in [3.8, 4) is 11.1 Å². The van der Waals surface area contributed by atoms with Crippen LogP contribution in [0.25, 0.3) is 22.0 Å². The lowest BCUT2D eigenvalue weighted by atomic mass is 10.0. The molecule has 2 saturated heterocycles. The molecule has 190 valence electrons. The highest BCUT2D eigenvalue weighted by molar-refractivity contribution is 6.11. The van der Waals surface area contributed by atoms with Gasteiger partial charge in [0, 0.05) is 49.9 Å². The molecule has 2 fully saturated rings. The Morgan fingerprint density at radius 1 is 0.919 bits per heavy atom. The van der Waals surface area contributed by atoms with E-state index in [0.29, 0.717) is 11.4 Å². The molecule has 2 aliphatic heterocycles. The summed E-state index contributed by atoms with van der Waals surface area (Å²) >= 11 is 0. The highest BCUT2D eigenvalue weighted by Gasteiger charge is 2.17. The summed E-state index contributed by atoms with van der Waals surface area (Å²) in [5.74, 6) is -0.286. The molecule has 2 N–H and O–H groups in total. The third kappa shape index (κ3) is 5.31. The first-order valence-electron chi connectivity index (χ1n) is 12.6. The summed E-state index contributed by atoms with van der Waals surface area (Å²) in [6.07, 6.45) is 5.41. The minimum Gasteiger partial charge on any atom is -0.379 e. The predicted octanol–water partition coefficient (Wildman–Crippen LogP) is 2.94. The van der Waals surface area contributed by atoms with Crippen molar-refractivity contribution in [3.63, 3.8) is 0 Å². The van der Waals surface area contributed by atoms with Gasteiger partial charge in [-0.25, -0.2) is 0 Å². The van der Waals surface area contributed by atoms with Crippen LogP contribution in [0.4, 0.5) is 11.4 Å². The molecule has 0 bridgehead atoms. The van der Waals surface area contributed by atoms with Gasteiger partial charge in [-0.3, -0.25) is 24.8 Å². The zero-order valence-corrected chi connectivity index (χ0v) is 20.5. The SMILES string of the molecule is O=C(Nc1ccc(CN2CCOCC2)nc1)c1n[nH]c2ccc(-c3cncc(N4CCOCC4)c3)cc12. The molecule has 0 spiro atoms. The number of carbonyl (C=O) groups excluding carboxylic acids is 1. The number of H-pyrrole nitrogens is 1. The summed E-state index contributed by atoms with van der Waals surface area (Å²) in [5, 5.41) is 11.0. The molecule has 6 rings (SSSR count). The van der Waals surface area contributed by atoms with Crippen molar-refractivity contribution in [2.75, 3.05) is 62.8 Å². The normalized spacial score (nSPS) is 16.7. The highest BCUT2D eigenvalue weighted by Crippen LogP contribution is 2.28. The minimum atomic E-state index is -0.286. The quantitative estimate of drug-likeness (QED) is 0.417. The van der Waals surface area contributed by atoms with Crippen LogP contribution in [0.3, 0.4) is 0 Å². The third-order valence-corrected chi connectivity index (χ3v) is 6.78. The van der Waals surface area contributed by atoms with Gasteiger partial charge in [0.25, 0.3) is 5.91 Å². The van der Waals surface area contributed by atoms with E-state index in [4.69, 9.17) is 9.47 Å². The van der Waals surface area contributed by atoms with Crippen molar-refractivity contribution < 1.29 is 14.3 Å². The second-order valence-electron chi connectivity index (χ2n) is 9.24. The Labute approximate surface area is 214 Å². The standard InChI is InChI=1S/C27H29N7O3/c35-27(30-21-2-3-22(29-16-21)18-33-5-9-36-10-6-33)26-24-14-19(1-4-25(24)31-32-26)20-13-23(17-28-15-20)34-7-11-37-12-8-34/h1-4,13-17H,5-12,18H2,(H,30,35)(H,31,32). The molecule has 3 aromatic heterocycles. The summed E-state index contributed by atoms with van der Waals surface area (Å²) in [6.45, 7) is 7.21. The van der Waals surface area contributed by atoms with Crippen LogP contribution in [0.15, 0.2) is 55.0 Å². The number of nitrogens with one attached hydrogen (secondary N) is 2. The molecule has 10 nitrogen and oxygen atoms in total. The number of carbonyl (C=O) groups is 1. The molecule has 0 atom stereocenters. The van der Waals surface area contributed by atoms with Crippen LogP contribution < -0.4 is 10.2 Å². The Bertz CT molecular complexity index is 1380. The van der Waals surface area contributed by atoms with E-state index in [-0.39, 0.29) is 5.91 Å². The van der Waals surface area contributed by atoms with Crippen molar-refractivity contribution in [1.29, 1.82) is 0 Å². The molecule has 1 aromatic carbocycles. The van der Waals surface area contributed by atoms with Crippen molar-refractivity contribution in [1.82, 2.24) is 25.1 Å². The van der Waals surface area contributed by atoms with Gasteiger partial charge < -0.3 is 19.7 Å². The van der Waals surface area contributed by atoms with Crippen LogP contribution in [0.5, 0.6) is 0 Å². The van der Waals surface area contributed by atoms with Crippen molar-refractivity contribution in [2.24, 2.45) is 0 Å². The average Bonchev–Trinajstić information content (AvgIpc) is 3.39. The first kappa shape index (κ1) is 23.5. The van der Waals surface area contributed by atoms with Crippen LogP contribution in [-0.4, -0.2) is 83.6 Å². The van der Waals surface area contributed by atoms with Gasteiger partial charge in [0.05, 0.1) is 61.4 Å². The number of aromatic nitrogens is 4. The van der Waals surface area contributed by atoms with Crippen LogP contribution in [-0.2, 0) is 16.0 Å². The number of benzene rings is 1. The maximum absolute atomic E-state index is 13.1. The average molecular weight is 500 g/mol. The number of ether oxygens (including phenoxy) is 2. The van der Waals surface area contributed by atoms with E-state index in [1.807, 2.05) is 42.7 Å². The molecule has 0 radical (unpaired) electrons. The lowest BCUT2D eigenvalue weighted by Gasteiger charge is -2.28. The maximum atomic E-state index is 13.1. The largest absolute Gasteiger partial charge is 0.379 e. The Kier molecular flexibility index (Phi) is 6.76. The number of hydrogen-bond acceptors (Lipinski definition) is 8. The van der Waals surface area contributed by atoms with Gasteiger partial charge in [0.1, 0.15) is 0 Å². The summed E-state index contributed by atoms with van der Waals surface area (Å²) in [4.78, 5) is 26.7. The Balaban J connectivity index is 1.18. The minimum absolute atomic E-state index is 0.286. The summed E-state index contributed by atoms with van der Waals surface area (Å²) in [7, 11) is 0. The molecule has 4 aromatic rings. The van der Waals surface area contributed by atoms with Crippen molar-refractivity contribution >= 4 is 28.2 Å². The summed E-state index contributed by atoms with van der Waals surface area (Å²) in [5.41, 5.74) is 5.75. The smallest absolute Gasteiger partial charge is 0.276 e. The van der Waals surface area contributed by atoms with Gasteiger partial charge in [-0.1, -0.05) is 6.07 Å². The molecule has 5 heterocycles. The lowest BCUT2D eigenvalue weighted by molar-refractivity contribution is 0.0336. The topological polar surface area (TPSA) is 109 Å². The maximum Gasteiger partial charge on any atom is 0.276 e. The number of fused-ring (bicyclic) bond motifs is 1. The van der Waals surface area contributed by atoms with Crippen molar-refractivity contribution in [3.05, 3.63) is 66.4 Å². The fourth-order valence-electron chi connectivity index (χ4n) is 4.72. The van der Waals surface area contributed by atoms with Crippen LogP contribution >= 0.6 is 0 Å². The van der Waals surface area contributed by atoms with Gasteiger partial charge in [0.15, 0.2) is 5.69 Å². The van der Waals surface area contributed by atoms with Gasteiger partial charge in [-0.05, 0) is 35.9 Å². The van der Waals surface area contributed by atoms with E-state index >= 15 is 0 Å². The third-order valence-electron chi connectivity index (χ3n) is 6.78. The molecule has 0 aliphatic carbocycles. The molecule has 1 amide bonds. The number of anilines is 2. The second-order valence-corrected chi connectivity index (χ2v) is 9.24. The lowest BCUT2D eigenvalue weighted by Crippen LogP contribution is -2.36. The zero-order valence-electron chi connectivity index (χ0n) is 20.5. The van der Waals surface area contributed by atoms with Crippen LogP contribution in [0.1, 0.15) is 16.2 Å². The number of rotatable bonds is 6. The molecule has 2 aliphatic rings. The van der Waals surface area contributed by atoms with Gasteiger partial charge >= 0.3 is 0 Å². The van der Waals surface area contributed by atoms with E-state index in [1.54, 1.807) is 6.20 Å². The van der Waals surface area contributed by atoms with E-state index < -0.39 is 0 Å². The monoisotopic (exact) mass is 499 g/mol. The van der Waals surface area contributed by atoms with E-state index in [1.165, 1.54) is 0 Å². The molecular weight excluding hydrogens is 470 g/mol. The van der Waals surface area contributed by atoms with E-state index in [9.17, 15) is 4.79 Å². The number of hydrogen-bond donors (Lipinski definition) is 2. The fourth-order valence-corrected chi connectivity index (χ4v) is 4.72. The molecule has 10 heteroatoms. The summed E-state index contributed by atoms with van der Waals surface area (Å²) in [6, 6.07) is 11.9. The Morgan fingerprint density at radius 3 is 2.51 bits per heavy atom. The van der Waals surface area contributed by atoms with Gasteiger partial charge in [-0.2, -0.15) is 5.10 Å². The number of nitrogens with zero attached hydrogens (tertiary/aromatic N) is 5. The van der Waals surface area contributed by atoms with Crippen molar-refractivity contribution in [2.45, 2.75) is 6.54 Å². The van der Waals surface area contributed by atoms with E-state index in [0.717, 1.165) is 92.6 Å². The van der Waals surface area contributed by atoms with Crippen LogP contribution in [0, 0.1) is 0 Å². The molecular formula is C27H29N7O3. The number of aromatic amines is 1. The van der Waals surface area contributed by atoms with Gasteiger partial charge in [0.2, 0.25) is 0 Å². The predicted molar refractivity (Wildman–Crippen MR) is 141 cm³/mol. The second kappa shape index (κ2) is 10.6. The molecule has 37 heavy (non-hydrogen) atoms. The number of pyridine rings is 2. The first-order chi connectivity index (χ1) is 18.2. The Morgan fingerprint density at radius 2 is 1.73 bits per heavy atom.